The molecule has 3 nitrogen and oxygen atoms in total. The van der Waals surface area contributed by atoms with Crippen LogP contribution < -0.4 is 9.47 Å². The number of fused-ring (bicyclic) bond motifs is 5. The van der Waals surface area contributed by atoms with Crippen LogP contribution in [-0.4, -0.2) is 20.3 Å². The molecule has 2 aromatic rings. The van der Waals surface area contributed by atoms with E-state index < -0.39 is 0 Å². The van der Waals surface area contributed by atoms with E-state index in [-0.39, 0.29) is 0 Å². The van der Waals surface area contributed by atoms with E-state index in [4.69, 9.17) is 14.2 Å². The minimum absolute atomic E-state index is 0.547. The van der Waals surface area contributed by atoms with Crippen LogP contribution in [0, 0.1) is 17.3 Å². The molecule has 0 bridgehead atoms. The molecule has 0 amide bonds. The first-order valence-corrected chi connectivity index (χ1v) is 12.1. The summed E-state index contributed by atoms with van der Waals surface area (Å²) in [5, 5.41) is 0. The third kappa shape index (κ3) is 4.09. The molecule has 2 saturated carbocycles. The van der Waals surface area contributed by atoms with Crippen molar-refractivity contribution >= 4 is 0 Å². The Morgan fingerprint density at radius 2 is 1.77 bits per heavy atom. The van der Waals surface area contributed by atoms with Crippen LogP contribution in [0.4, 0.5) is 0 Å². The molecule has 3 aliphatic rings. The van der Waals surface area contributed by atoms with E-state index >= 15 is 0 Å². The Labute approximate surface area is 187 Å². The maximum Gasteiger partial charge on any atom is 0.161 e. The lowest BCUT2D eigenvalue weighted by Gasteiger charge is -2.49. The molecule has 0 radical (unpaired) electrons. The molecule has 2 aromatic carbocycles. The first-order valence-electron chi connectivity index (χ1n) is 12.1. The fourth-order valence-corrected chi connectivity index (χ4v) is 6.77. The summed E-state index contributed by atoms with van der Waals surface area (Å²) in [5.41, 5.74) is 4.78. The standard InChI is InChI=1S/C28H36O3/c1-28-13-6-9-25(28)23-11-10-21-17-26(31-19-20-7-4-3-5-8-20)27(30-16-15-29-2)18-24(21)22(23)12-14-28/h3-5,7-8,17-18,22-23,25H,6,9-16,19H2,1-2H3/t22-,23+,25-,28-/m0/s1. The highest BCUT2D eigenvalue weighted by molar-refractivity contribution is 5.50. The second kappa shape index (κ2) is 8.86. The van der Waals surface area contributed by atoms with E-state index in [0.29, 0.717) is 31.2 Å². The van der Waals surface area contributed by atoms with Crippen molar-refractivity contribution in [3.05, 3.63) is 59.2 Å². The summed E-state index contributed by atoms with van der Waals surface area (Å²) in [6.07, 6.45) is 9.50. The van der Waals surface area contributed by atoms with Gasteiger partial charge in [-0.2, -0.15) is 0 Å². The normalized spacial score (nSPS) is 29.0. The summed E-state index contributed by atoms with van der Waals surface area (Å²) in [5.74, 6) is 4.20. The van der Waals surface area contributed by atoms with Gasteiger partial charge in [-0.1, -0.05) is 43.7 Å². The SMILES string of the molecule is COCCOc1cc2c(cc1OCc1ccccc1)CC[C@@H]1[C@@H]2CC[C@]2(C)CCC[C@@H]12. The fraction of sp³-hybridized carbons (Fsp3) is 0.571. The van der Waals surface area contributed by atoms with Gasteiger partial charge < -0.3 is 14.2 Å². The highest BCUT2D eigenvalue weighted by Crippen LogP contribution is 2.61. The van der Waals surface area contributed by atoms with Crippen LogP contribution in [0.15, 0.2) is 42.5 Å². The van der Waals surface area contributed by atoms with E-state index in [1.807, 2.05) is 6.07 Å². The molecule has 3 aliphatic carbocycles. The van der Waals surface area contributed by atoms with Gasteiger partial charge in [0.05, 0.1) is 6.61 Å². The second-order valence-corrected chi connectivity index (χ2v) is 10.1. The van der Waals surface area contributed by atoms with E-state index in [9.17, 15) is 0 Å². The van der Waals surface area contributed by atoms with Crippen LogP contribution in [-0.2, 0) is 17.8 Å². The lowest BCUT2D eigenvalue weighted by Crippen LogP contribution is -2.39. The number of rotatable bonds is 7. The number of hydrogen-bond donors (Lipinski definition) is 0. The smallest absolute Gasteiger partial charge is 0.161 e. The number of hydrogen-bond acceptors (Lipinski definition) is 3. The minimum atomic E-state index is 0.547. The first-order chi connectivity index (χ1) is 15.2. The zero-order chi connectivity index (χ0) is 21.3. The van der Waals surface area contributed by atoms with Crippen molar-refractivity contribution in [1.29, 1.82) is 0 Å². The van der Waals surface area contributed by atoms with Gasteiger partial charge in [-0.25, -0.2) is 0 Å². The van der Waals surface area contributed by atoms with Gasteiger partial charge in [0, 0.05) is 7.11 Å². The van der Waals surface area contributed by atoms with Crippen LogP contribution in [0.2, 0.25) is 0 Å². The van der Waals surface area contributed by atoms with E-state index in [0.717, 1.165) is 23.3 Å². The van der Waals surface area contributed by atoms with Gasteiger partial charge in [0.25, 0.3) is 0 Å². The first kappa shape index (κ1) is 20.9. The van der Waals surface area contributed by atoms with Gasteiger partial charge in [-0.05, 0) is 90.5 Å². The molecule has 0 heterocycles. The largest absolute Gasteiger partial charge is 0.487 e. The van der Waals surface area contributed by atoms with Gasteiger partial charge in [0.1, 0.15) is 13.2 Å². The molecule has 5 rings (SSSR count). The van der Waals surface area contributed by atoms with Crippen molar-refractivity contribution in [3.8, 4) is 11.5 Å². The van der Waals surface area contributed by atoms with Gasteiger partial charge in [0.2, 0.25) is 0 Å². The summed E-state index contributed by atoms with van der Waals surface area (Å²) in [4.78, 5) is 0. The Morgan fingerprint density at radius 1 is 0.935 bits per heavy atom. The van der Waals surface area contributed by atoms with Crippen LogP contribution >= 0.6 is 0 Å². The van der Waals surface area contributed by atoms with Gasteiger partial charge in [-0.15, -0.1) is 0 Å². The molecule has 0 aromatic heterocycles. The summed E-state index contributed by atoms with van der Waals surface area (Å²) in [7, 11) is 1.72. The molecule has 31 heavy (non-hydrogen) atoms. The number of ether oxygens (including phenoxy) is 3. The number of aryl methyl sites for hydroxylation is 1. The van der Waals surface area contributed by atoms with Crippen LogP contribution in [0.3, 0.4) is 0 Å². The molecule has 0 unspecified atom stereocenters. The maximum absolute atomic E-state index is 6.28. The minimum Gasteiger partial charge on any atom is -0.487 e. The third-order valence-corrected chi connectivity index (χ3v) is 8.35. The Bertz CT molecular complexity index is 893. The van der Waals surface area contributed by atoms with Crippen LogP contribution in [0.1, 0.15) is 68.1 Å². The topological polar surface area (TPSA) is 27.7 Å². The summed E-state index contributed by atoms with van der Waals surface area (Å²) in [6.45, 7) is 4.26. The van der Waals surface area contributed by atoms with Gasteiger partial charge in [-0.3, -0.25) is 0 Å². The molecule has 0 saturated heterocycles. The summed E-state index contributed by atoms with van der Waals surface area (Å²) >= 11 is 0. The lowest BCUT2D eigenvalue weighted by atomic mass is 9.56. The molecule has 0 N–H and O–H groups in total. The molecule has 2 fully saturated rings. The molecule has 0 spiro atoms. The Balaban J connectivity index is 1.42. The highest BCUT2D eigenvalue weighted by Gasteiger charge is 2.50. The monoisotopic (exact) mass is 420 g/mol. The van der Waals surface area contributed by atoms with Crippen molar-refractivity contribution in [2.24, 2.45) is 17.3 Å². The Morgan fingerprint density at radius 3 is 2.61 bits per heavy atom. The van der Waals surface area contributed by atoms with Crippen molar-refractivity contribution in [2.75, 3.05) is 20.3 Å². The van der Waals surface area contributed by atoms with Crippen molar-refractivity contribution < 1.29 is 14.2 Å². The van der Waals surface area contributed by atoms with Crippen molar-refractivity contribution in [3.63, 3.8) is 0 Å². The van der Waals surface area contributed by atoms with Gasteiger partial charge >= 0.3 is 0 Å². The van der Waals surface area contributed by atoms with E-state index in [1.54, 1.807) is 7.11 Å². The molecule has 0 aliphatic heterocycles. The quantitative estimate of drug-likeness (QED) is 0.476. The summed E-state index contributed by atoms with van der Waals surface area (Å²) in [6, 6.07) is 15.0. The Kier molecular flexibility index (Phi) is 5.97. The fourth-order valence-electron chi connectivity index (χ4n) is 6.77. The number of methoxy groups -OCH3 is 1. The average Bonchev–Trinajstić information content (AvgIpc) is 3.20. The maximum atomic E-state index is 6.28. The summed E-state index contributed by atoms with van der Waals surface area (Å²) < 4.78 is 17.7. The van der Waals surface area contributed by atoms with Crippen molar-refractivity contribution in [2.45, 2.75) is 64.4 Å². The predicted molar refractivity (Wildman–Crippen MR) is 124 cm³/mol. The molecular formula is C28H36O3. The molecule has 166 valence electrons. The highest BCUT2D eigenvalue weighted by atomic mass is 16.5. The lowest BCUT2D eigenvalue weighted by molar-refractivity contribution is 0.0596. The zero-order valence-electron chi connectivity index (χ0n) is 19.1. The zero-order valence-corrected chi connectivity index (χ0v) is 19.1. The molecule has 4 atom stereocenters. The molecular weight excluding hydrogens is 384 g/mol. The van der Waals surface area contributed by atoms with Crippen LogP contribution in [0.5, 0.6) is 11.5 Å². The van der Waals surface area contributed by atoms with Gasteiger partial charge in [0.15, 0.2) is 11.5 Å². The third-order valence-electron chi connectivity index (χ3n) is 8.35. The van der Waals surface area contributed by atoms with Crippen molar-refractivity contribution in [1.82, 2.24) is 0 Å². The van der Waals surface area contributed by atoms with E-state index in [2.05, 4.69) is 43.3 Å². The second-order valence-electron chi connectivity index (χ2n) is 10.1. The van der Waals surface area contributed by atoms with E-state index in [1.165, 1.54) is 61.6 Å². The Hall–Kier alpha value is -2.00. The average molecular weight is 421 g/mol. The number of benzene rings is 2. The molecule has 3 heteroatoms. The predicted octanol–water partition coefficient (Wildman–Crippen LogP) is 6.54. The van der Waals surface area contributed by atoms with Crippen LogP contribution in [0.25, 0.3) is 0 Å².